The Kier molecular flexibility index (Phi) is 4.94. The maximum atomic E-state index is 12.2. The first kappa shape index (κ1) is 14.8. The van der Waals surface area contributed by atoms with Gasteiger partial charge in [0, 0.05) is 11.4 Å². The Balaban J connectivity index is 2.06. The van der Waals surface area contributed by atoms with Crippen LogP contribution in [0.1, 0.15) is 10.9 Å². The van der Waals surface area contributed by atoms with Gasteiger partial charge in [-0.1, -0.05) is 6.07 Å². The third-order valence-electron chi connectivity index (χ3n) is 3.04. The number of hydrogen-bond donors (Lipinski definition) is 3. The van der Waals surface area contributed by atoms with Crippen molar-refractivity contribution in [1.82, 2.24) is 10.2 Å². The van der Waals surface area contributed by atoms with Gasteiger partial charge in [-0.2, -0.15) is 0 Å². The predicted molar refractivity (Wildman–Crippen MR) is 71.6 cm³/mol. The molecule has 1 aromatic rings. The molecule has 7 nitrogen and oxygen atoms in total. The molecule has 0 aliphatic carbocycles. The van der Waals surface area contributed by atoms with Crippen LogP contribution in [-0.4, -0.2) is 59.5 Å². The summed E-state index contributed by atoms with van der Waals surface area (Å²) in [5, 5.41) is 22.7. The lowest BCUT2D eigenvalue weighted by atomic mass is 10.2. The highest BCUT2D eigenvalue weighted by Gasteiger charge is 2.30. The average molecular weight is 300 g/mol. The van der Waals surface area contributed by atoms with Gasteiger partial charge in [0.05, 0.1) is 25.9 Å². The van der Waals surface area contributed by atoms with Gasteiger partial charge in [-0.3, -0.25) is 0 Å². The monoisotopic (exact) mass is 300 g/mol. The zero-order valence-electron chi connectivity index (χ0n) is 10.7. The molecule has 0 saturated carbocycles. The molecule has 1 saturated heterocycles. The number of morpholine rings is 1. The minimum atomic E-state index is -1.12. The summed E-state index contributed by atoms with van der Waals surface area (Å²) in [6.07, 6.45) is 0. The number of rotatable bonds is 4. The average Bonchev–Trinajstić information content (AvgIpc) is 2.97. The van der Waals surface area contributed by atoms with Crippen molar-refractivity contribution in [2.75, 3.05) is 26.4 Å². The van der Waals surface area contributed by atoms with Gasteiger partial charge in [0.15, 0.2) is 6.04 Å². The molecule has 0 bridgehead atoms. The molecule has 0 aromatic carbocycles. The third kappa shape index (κ3) is 3.27. The van der Waals surface area contributed by atoms with Crippen LogP contribution in [0.15, 0.2) is 17.5 Å². The molecule has 8 heteroatoms. The smallest absolute Gasteiger partial charge is 0.331 e. The normalized spacial score (nSPS) is 20.4. The van der Waals surface area contributed by atoms with Gasteiger partial charge in [-0.25, -0.2) is 9.59 Å². The molecule has 0 spiro atoms. The Hall–Kier alpha value is -1.64. The van der Waals surface area contributed by atoms with Crippen molar-refractivity contribution < 1.29 is 24.5 Å². The van der Waals surface area contributed by atoms with Crippen LogP contribution in [0.3, 0.4) is 0 Å². The minimum absolute atomic E-state index is 0.218. The summed E-state index contributed by atoms with van der Waals surface area (Å²) < 4.78 is 5.18. The summed E-state index contributed by atoms with van der Waals surface area (Å²) in [7, 11) is 0. The summed E-state index contributed by atoms with van der Waals surface area (Å²) in [5.74, 6) is -1.12. The first-order valence-corrected chi connectivity index (χ1v) is 7.03. The van der Waals surface area contributed by atoms with Crippen molar-refractivity contribution in [3.8, 4) is 0 Å². The van der Waals surface area contributed by atoms with E-state index in [4.69, 9.17) is 4.74 Å². The van der Waals surface area contributed by atoms with E-state index in [-0.39, 0.29) is 13.2 Å². The molecule has 1 aliphatic rings. The largest absolute Gasteiger partial charge is 0.479 e. The van der Waals surface area contributed by atoms with E-state index in [1.54, 1.807) is 17.5 Å². The molecular weight excluding hydrogens is 284 g/mol. The number of hydrogen-bond acceptors (Lipinski definition) is 5. The molecule has 2 amide bonds. The third-order valence-corrected chi connectivity index (χ3v) is 3.98. The van der Waals surface area contributed by atoms with Crippen LogP contribution < -0.4 is 5.32 Å². The summed E-state index contributed by atoms with van der Waals surface area (Å²) in [6, 6.07) is 1.36. The first-order valence-electron chi connectivity index (χ1n) is 6.15. The Morgan fingerprint density at radius 1 is 1.60 bits per heavy atom. The van der Waals surface area contributed by atoms with E-state index in [1.807, 2.05) is 0 Å². The summed E-state index contributed by atoms with van der Waals surface area (Å²) in [4.78, 5) is 25.4. The fourth-order valence-electron chi connectivity index (χ4n) is 1.99. The van der Waals surface area contributed by atoms with Gasteiger partial charge < -0.3 is 25.2 Å². The van der Waals surface area contributed by atoms with Crippen molar-refractivity contribution in [2.45, 2.75) is 12.1 Å². The van der Waals surface area contributed by atoms with E-state index in [9.17, 15) is 19.8 Å². The highest BCUT2D eigenvalue weighted by atomic mass is 32.1. The van der Waals surface area contributed by atoms with Gasteiger partial charge in [0.1, 0.15) is 0 Å². The standard InChI is InChI=1S/C12H16N2O5S/c15-6-8-7-19-4-3-14(8)12(18)13-10(11(16)17)9-2-1-5-20-9/h1-2,5,8,10,15H,3-4,6-7H2,(H,13,18)(H,16,17). The number of urea groups is 1. The van der Waals surface area contributed by atoms with E-state index in [1.165, 1.54) is 16.2 Å². The predicted octanol–water partition coefficient (Wildman–Crippen LogP) is 0.277. The lowest BCUT2D eigenvalue weighted by molar-refractivity contribution is -0.139. The van der Waals surface area contributed by atoms with Crippen LogP contribution >= 0.6 is 11.3 Å². The SMILES string of the molecule is O=C(O)C(NC(=O)N1CCOCC1CO)c1cccs1. The topological polar surface area (TPSA) is 99.1 Å². The number of nitrogens with one attached hydrogen (secondary N) is 1. The van der Waals surface area contributed by atoms with Crippen LogP contribution in [-0.2, 0) is 9.53 Å². The van der Waals surface area contributed by atoms with Crippen LogP contribution in [0.5, 0.6) is 0 Å². The van der Waals surface area contributed by atoms with Crippen molar-refractivity contribution in [3.63, 3.8) is 0 Å². The summed E-state index contributed by atoms with van der Waals surface area (Å²) in [5.41, 5.74) is 0. The molecule has 20 heavy (non-hydrogen) atoms. The maximum Gasteiger partial charge on any atom is 0.331 e. The fourth-order valence-corrected chi connectivity index (χ4v) is 2.76. The number of carbonyl (C=O) groups excluding carboxylic acids is 1. The van der Waals surface area contributed by atoms with E-state index >= 15 is 0 Å². The molecule has 2 rings (SSSR count). The Morgan fingerprint density at radius 2 is 2.40 bits per heavy atom. The quantitative estimate of drug-likeness (QED) is 0.741. The Bertz CT molecular complexity index is 464. The van der Waals surface area contributed by atoms with Crippen LogP contribution in [0.2, 0.25) is 0 Å². The van der Waals surface area contributed by atoms with Gasteiger partial charge in [-0.05, 0) is 11.4 Å². The van der Waals surface area contributed by atoms with E-state index < -0.39 is 24.1 Å². The van der Waals surface area contributed by atoms with Crippen LogP contribution in [0, 0.1) is 0 Å². The first-order chi connectivity index (χ1) is 9.63. The van der Waals surface area contributed by atoms with E-state index in [2.05, 4.69) is 5.32 Å². The number of nitrogens with zero attached hydrogens (tertiary/aromatic N) is 1. The molecule has 2 heterocycles. The highest BCUT2D eigenvalue weighted by Crippen LogP contribution is 2.20. The number of aliphatic hydroxyl groups excluding tert-OH is 1. The van der Waals surface area contributed by atoms with Crippen molar-refractivity contribution in [1.29, 1.82) is 0 Å². The van der Waals surface area contributed by atoms with Crippen LogP contribution in [0.4, 0.5) is 4.79 Å². The van der Waals surface area contributed by atoms with Crippen molar-refractivity contribution in [3.05, 3.63) is 22.4 Å². The number of carboxylic acid groups (broad SMARTS) is 1. The molecule has 2 atom stereocenters. The van der Waals surface area contributed by atoms with Gasteiger partial charge in [0.25, 0.3) is 0 Å². The summed E-state index contributed by atoms with van der Waals surface area (Å²) in [6.45, 7) is 0.735. The van der Waals surface area contributed by atoms with E-state index in [0.29, 0.717) is 18.0 Å². The summed E-state index contributed by atoms with van der Waals surface area (Å²) >= 11 is 1.27. The molecule has 0 radical (unpaired) electrons. The second kappa shape index (κ2) is 6.69. The molecule has 1 aromatic heterocycles. The lowest BCUT2D eigenvalue weighted by Gasteiger charge is -2.35. The second-order valence-electron chi connectivity index (χ2n) is 4.34. The number of aliphatic hydroxyl groups is 1. The molecule has 3 N–H and O–H groups in total. The fraction of sp³-hybridized carbons (Fsp3) is 0.500. The molecule has 2 unspecified atom stereocenters. The number of amides is 2. The van der Waals surface area contributed by atoms with Gasteiger partial charge in [0.2, 0.25) is 0 Å². The lowest BCUT2D eigenvalue weighted by Crippen LogP contribution is -2.55. The second-order valence-corrected chi connectivity index (χ2v) is 5.32. The number of thiophene rings is 1. The number of carboxylic acids is 1. The zero-order chi connectivity index (χ0) is 14.5. The Labute approximate surface area is 119 Å². The maximum absolute atomic E-state index is 12.2. The van der Waals surface area contributed by atoms with Gasteiger partial charge >= 0.3 is 12.0 Å². The molecule has 1 aliphatic heterocycles. The van der Waals surface area contributed by atoms with Crippen molar-refractivity contribution >= 4 is 23.3 Å². The number of ether oxygens (including phenoxy) is 1. The van der Waals surface area contributed by atoms with Crippen LogP contribution in [0.25, 0.3) is 0 Å². The Morgan fingerprint density at radius 3 is 3.00 bits per heavy atom. The minimum Gasteiger partial charge on any atom is -0.479 e. The number of aliphatic carboxylic acids is 1. The zero-order valence-corrected chi connectivity index (χ0v) is 11.5. The van der Waals surface area contributed by atoms with Crippen molar-refractivity contribution in [2.24, 2.45) is 0 Å². The van der Waals surface area contributed by atoms with Gasteiger partial charge in [-0.15, -0.1) is 11.3 Å². The molecular formula is C12H16N2O5S. The molecule has 1 fully saturated rings. The van der Waals surface area contributed by atoms with E-state index in [0.717, 1.165) is 0 Å². The number of carbonyl (C=O) groups is 2. The molecule has 110 valence electrons. The highest BCUT2D eigenvalue weighted by molar-refractivity contribution is 7.10.